The number of thiazole rings is 1. The summed E-state index contributed by atoms with van der Waals surface area (Å²) in [5, 5.41) is 11.3. The molecule has 0 aliphatic rings. The Morgan fingerprint density at radius 2 is 2.25 bits per heavy atom. The van der Waals surface area contributed by atoms with Crippen molar-refractivity contribution >= 4 is 22.2 Å². The zero-order chi connectivity index (χ0) is 11.0. The topological polar surface area (TPSA) is 48.9 Å². The Balaban J connectivity index is 2.15. The largest absolute Gasteiger partial charge is 0.383 e. The Bertz CT molecular complexity index is 600. The van der Waals surface area contributed by atoms with Crippen molar-refractivity contribution < 1.29 is 5.11 Å². The molecule has 0 amide bonds. The van der Waals surface area contributed by atoms with Crippen LogP contribution in [0.3, 0.4) is 0 Å². The van der Waals surface area contributed by atoms with Crippen molar-refractivity contribution in [2.75, 3.05) is 0 Å². The first-order valence-electron chi connectivity index (χ1n) is 4.99. The normalized spacial score (nSPS) is 13.1. The molecular formula is C12H10N2OS. The minimum atomic E-state index is -0.591. The van der Waals surface area contributed by atoms with E-state index in [0.29, 0.717) is 0 Å². The summed E-state index contributed by atoms with van der Waals surface area (Å²) in [6.45, 7) is 0. The second-order valence-electron chi connectivity index (χ2n) is 3.59. The van der Waals surface area contributed by atoms with Crippen LogP contribution in [0.4, 0.5) is 0 Å². The van der Waals surface area contributed by atoms with E-state index < -0.39 is 6.10 Å². The maximum atomic E-state index is 10.3. The zero-order valence-electron chi connectivity index (χ0n) is 8.42. The molecule has 2 aromatic heterocycles. The lowest BCUT2D eigenvalue weighted by Gasteiger charge is -2.09. The van der Waals surface area contributed by atoms with Gasteiger partial charge in [0, 0.05) is 23.3 Å². The van der Waals surface area contributed by atoms with Crippen LogP contribution in [0, 0.1) is 0 Å². The first kappa shape index (κ1) is 9.57. The Hall–Kier alpha value is -1.65. The number of aromatic amines is 1. The molecule has 3 rings (SSSR count). The highest BCUT2D eigenvalue weighted by molar-refractivity contribution is 7.09. The quantitative estimate of drug-likeness (QED) is 0.711. The van der Waals surface area contributed by atoms with E-state index in [9.17, 15) is 5.11 Å². The van der Waals surface area contributed by atoms with Crippen LogP contribution in [-0.4, -0.2) is 15.1 Å². The Labute approximate surface area is 96.4 Å². The lowest BCUT2D eigenvalue weighted by atomic mass is 10.0. The fourth-order valence-corrected chi connectivity index (χ4v) is 2.48. The van der Waals surface area contributed by atoms with Gasteiger partial charge in [0.15, 0.2) is 0 Å². The molecule has 1 aromatic carbocycles. The van der Waals surface area contributed by atoms with E-state index in [1.165, 1.54) is 11.3 Å². The molecule has 1 atom stereocenters. The highest BCUT2D eigenvalue weighted by Gasteiger charge is 2.14. The van der Waals surface area contributed by atoms with Crippen molar-refractivity contribution in [2.45, 2.75) is 6.10 Å². The van der Waals surface area contributed by atoms with E-state index >= 15 is 0 Å². The molecule has 3 aromatic rings. The zero-order valence-corrected chi connectivity index (χ0v) is 9.24. The highest BCUT2D eigenvalue weighted by Crippen LogP contribution is 2.29. The number of aliphatic hydroxyl groups excluding tert-OH is 1. The highest BCUT2D eigenvalue weighted by atomic mass is 32.1. The summed E-state index contributed by atoms with van der Waals surface area (Å²) < 4.78 is 0. The molecule has 0 saturated heterocycles. The number of hydrogen-bond acceptors (Lipinski definition) is 3. The SMILES string of the molecule is OC(c1cncs1)c1cccc2[nH]ccc12. The van der Waals surface area contributed by atoms with Crippen molar-refractivity contribution in [2.24, 2.45) is 0 Å². The van der Waals surface area contributed by atoms with Gasteiger partial charge < -0.3 is 10.1 Å². The first-order valence-corrected chi connectivity index (χ1v) is 5.86. The predicted octanol–water partition coefficient (Wildman–Crippen LogP) is 2.71. The molecule has 0 bridgehead atoms. The number of benzene rings is 1. The molecule has 0 fully saturated rings. The summed E-state index contributed by atoms with van der Waals surface area (Å²) in [6, 6.07) is 7.87. The summed E-state index contributed by atoms with van der Waals surface area (Å²) >= 11 is 1.47. The molecule has 0 aliphatic heterocycles. The summed E-state index contributed by atoms with van der Waals surface area (Å²) in [5.74, 6) is 0. The van der Waals surface area contributed by atoms with Crippen LogP contribution in [0.2, 0.25) is 0 Å². The van der Waals surface area contributed by atoms with Gasteiger partial charge in [-0.3, -0.25) is 4.98 Å². The van der Waals surface area contributed by atoms with E-state index in [2.05, 4.69) is 9.97 Å². The van der Waals surface area contributed by atoms with Gasteiger partial charge in [-0.15, -0.1) is 11.3 Å². The third-order valence-electron chi connectivity index (χ3n) is 2.64. The average molecular weight is 230 g/mol. The number of aliphatic hydroxyl groups is 1. The van der Waals surface area contributed by atoms with E-state index in [4.69, 9.17) is 0 Å². The second-order valence-corrected chi connectivity index (χ2v) is 4.51. The van der Waals surface area contributed by atoms with Gasteiger partial charge in [0.1, 0.15) is 6.10 Å². The van der Waals surface area contributed by atoms with Crippen LogP contribution in [-0.2, 0) is 0 Å². The fraction of sp³-hybridized carbons (Fsp3) is 0.0833. The molecule has 1 unspecified atom stereocenters. The maximum absolute atomic E-state index is 10.3. The van der Waals surface area contributed by atoms with Gasteiger partial charge in [-0.05, 0) is 17.7 Å². The number of rotatable bonds is 2. The van der Waals surface area contributed by atoms with Crippen molar-refractivity contribution in [1.29, 1.82) is 0 Å². The van der Waals surface area contributed by atoms with Crippen LogP contribution in [0.1, 0.15) is 16.5 Å². The average Bonchev–Trinajstić information content (AvgIpc) is 2.98. The van der Waals surface area contributed by atoms with Gasteiger partial charge in [-0.2, -0.15) is 0 Å². The van der Waals surface area contributed by atoms with Crippen LogP contribution in [0.5, 0.6) is 0 Å². The number of H-pyrrole nitrogens is 1. The van der Waals surface area contributed by atoms with Crippen LogP contribution in [0.15, 0.2) is 42.2 Å². The van der Waals surface area contributed by atoms with Crippen LogP contribution >= 0.6 is 11.3 Å². The monoisotopic (exact) mass is 230 g/mol. The lowest BCUT2D eigenvalue weighted by molar-refractivity contribution is 0.225. The van der Waals surface area contributed by atoms with Crippen molar-refractivity contribution in [3.63, 3.8) is 0 Å². The van der Waals surface area contributed by atoms with E-state index in [1.807, 2.05) is 30.5 Å². The van der Waals surface area contributed by atoms with Crippen LogP contribution < -0.4 is 0 Å². The van der Waals surface area contributed by atoms with E-state index in [-0.39, 0.29) is 0 Å². The summed E-state index contributed by atoms with van der Waals surface area (Å²) in [4.78, 5) is 7.99. The number of hydrogen-bond donors (Lipinski definition) is 2. The number of fused-ring (bicyclic) bond motifs is 1. The summed E-state index contributed by atoms with van der Waals surface area (Å²) in [5.41, 5.74) is 3.69. The third-order valence-corrected chi connectivity index (χ3v) is 3.47. The molecule has 4 heteroatoms. The first-order chi connectivity index (χ1) is 7.86. The number of nitrogens with one attached hydrogen (secondary N) is 1. The molecule has 0 radical (unpaired) electrons. The minimum Gasteiger partial charge on any atom is -0.383 e. The van der Waals surface area contributed by atoms with Gasteiger partial charge in [-0.1, -0.05) is 12.1 Å². The van der Waals surface area contributed by atoms with Crippen molar-refractivity contribution in [1.82, 2.24) is 9.97 Å². The molecule has 2 heterocycles. The van der Waals surface area contributed by atoms with E-state index in [0.717, 1.165) is 21.3 Å². The van der Waals surface area contributed by atoms with Crippen molar-refractivity contribution in [3.8, 4) is 0 Å². The number of nitrogens with zero attached hydrogens (tertiary/aromatic N) is 1. The van der Waals surface area contributed by atoms with E-state index in [1.54, 1.807) is 11.7 Å². The molecule has 3 nitrogen and oxygen atoms in total. The third kappa shape index (κ3) is 1.43. The molecule has 16 heavy (non-hydrogen) atoms. The Morgan fingerprint density at radius 3 is 3.06 bits per heavy atom. The van der Waals surface area contributed by atoms with Gasteiger partial charge in [0.25, 0.3) is 0 Å². The number of aromatic nitrogens is 2. The predicted molar refractivity (Wildman–Crippen MR) is 64.5 cm³/mol. The lowest BCUT2D eigenvalue weighted by Crippen LogP contribution is -1.97. The minimum absolute atomic E-state index is 0.591. The standard InChI is InChI=1S/C12H10N2OS/c15-12(11-6-13-7-16-11)9-2-1-3-10-8(9)4-5-14-10/h1-7,12,14-15H. The molecule has 0 saturated carbocycles. The van der Waals surface area contributed by atoms with Gasteiger partial charge in [-0.25, -0.2) is 0 Å². The van der Waals surface area contributed by atoms with Gasteiger partial charge in [0.2, 0.25) is 0 Å². The molecule has 0 aliphatic carbocycles. The van der Waals surface area contributed by atoms with Gasteiger partial charge in [0.05, 0.1) is 10.4 Å². The maximum Gasteiger partial charge on any atom is 0.115 e. The van der Waals surface area contributed by atoms with Gasteiger partial charge >= 0.3 is 0 Å². The Morgan fingerprint density at radius 1 is 1.31 bits per heavy atom. The smallest absolute Gasteiger partial charge is 0.115 e. The van der Waals surface area contributed by atoms with Crippen LogP contribution in [0.25, 0.3) is 10.9 Å². The second kappa shape index (κ2) is 3.73. The fourth-order valence-electron chi connectivity index (χ4n) is 1.86. The van der Waals surface area contributed by atoms with Crippen molar-refractivity contribution in [3.05, 3.63) is 52.6 Å². The molecule has 0 spiro atoms. The molecular weight excluding hydrogens is 220 g/mol. The Kier molecular flexibility index (Phi) is 2.23. The molecule has 80 valence electrons. The summed E-state index contributed by atoms with van der Waals surface area (Å²) in [6.07, 6.45) is 3.00. The molecule has 2 N–H and O–H groups in total. The summed E-state index contributed by atoms with van der Waals surface area (Å²) in [7, 11) is 0.